The van der Waals surface area contributed by atoms with Crippen LogP contribution in [0.5, 0.6) is 0 Å². The molecule has 0 saturated heterocycles. The molecule has 2 heterocycles. The van der Waals surface area contributed by atoms with Gasteiger partial charge >= 0.3 is 0 Å². The number of unbranched alkanes of at least 4 members (excludes halogenated alkanes) is 1. The molecule has 0 saturated carbocycles. The van der Waals surface area contributed by atoms with E-state index in [9.17, 15) is 0 Å². The Labute approximate surface area is 146 Å². The summed E-state index contributed by atoms with van der Waals surface area (Å²) in [5.41, 5.74) is 0.875. The highest BCUT2D eigenvalue weighted by Gasteiger charge is 2.13. The minimum atomic E-state index is 0.491. The number of aryl methyl sites for hydroxylation is 1. The van der Waals surface area contributed by atoms with Crippen molar-refractivity contribution in [3.05, 3.63) is 34.6 Å². The zero-order chi connectivity index (χ0) is 16.1. The number of thioether (sulfide) groups is 1. The van der Waals surface area contributed by atoms with Crippen LogP contribution in [-0.4, -0.2) is 30.4 Å². The third-order valence-electron chi connectivity index (χ3n) is 3.17. The van der Waals surface area contributed by atoms with E-state index in [0.717, 1.165) is 35.2 Å². The topological polar surface area (TPSA) is 82.5 Å². The molecule has 0 spiro atoms. The monoisotopic (exact) mass is 394 g/mol. The number of hydrogen-bond acceptors (Lipinski definition) is 7. The van der Waals surface area contributed by atoms with Crippen molar-refractivity contribution in [1.82, 2.24) is 30.4 Å². The predicted octanol–water partition coefficient (Wildman–Crippen LogP) is 3.58. The van der Waals surface area contributed by atoms with Gasteiger partial charge in [-0.25, -0.2) is 4.68 Å². The number of hydrogen-bond donors (Lipinski definition) is 0. The molecule has 0 atom stereocenters. The molecule has 7 nitrogen and oxygen atoms in total. The molecule has 3 rings (SSSR count). The Kier molecular flexibility index (Phi) is 5.39. The fourth-order valence-corrected chi connectivity index (χ4v) is 3.10. The Morgan fingerprint density at radius 3 is 2.91 bits per heavy atom. The Bertz CT molecular complexity index is 774. The van der Waals surface area contributed by atoms with E-state index in [2.05, 4.69) is 48.6 Å². The van der Waals surface area contributed by atoms with Gasteiger partial charge in [-0.2, -0.15) is 0 Å². The number of aromatic nitrogens is 6. The van der Waals surface area contributed by atoms with Crippen LogP contribution >= 0.6 is 27.7 Å². The Balaban J connectivity index is 1.66. The second-order valence-corrected chi connectivity index (χ2v) is 6.59. The van der Waals surface area contributed by atoms with Crippen LogP contribution in [0, 0.1) is 0 Å². The molecular formula is C14H15BrN6OS. The molecule has 1 aromatic carbocycles. The van der Waals surface area contributed by atoms with Crippen LogP contribution < -0.4 is 0 Å². The van der Waals surface area contributed by atoms with E-state index >= 15 is 0 Å². The van der Waals surface area contributed by atoms with Crippen LogP contribution in [0.2, 0.25) is 0 Å². The van der Waals surface area contributed by atoms with Gasteiger partial charge < -0.3 is 4.42 Å². The average Bonchev–Trinajstić information content (AvgIpc) is 3.20. The van der Waals surface area contributed by atoms with Crippen LogP contribution in [0.15, 0.2) is 38.4 Å². The van der Waals surface area contributed by atoms with Crippen LogP contribution in [0.4, 0.5) is 0 Å². The second kappa shape index (κ2) is 7.69. The largest absolute Gasteiger partial charge is 0.411 e. The first-order chi connectivity index (χ1) is 11.3. The molecular weight excluding hydrogens is 380 g/mol. The molecule has 9 heteroatoms. The maximum absolute atomic E-state index is 5.70. The first-order valence-electron chi connectivity index (χ1n) is 7.24. The third-order valence-corrected chi connectivity index (χ3v) is 4.67. The molecule has 0 aliphatic heterocycles. The van der Waals surface area contributed by atoms with Crippen molar-refractivity contribution in [3.63, 3.8) is 0 Å². The molecule has 3 aromatic rings. The van der Waals surface area contributed by atoms with Gasteiger partial charge in [0.15, 0.2) is 5.82 Å². The van der Waals surface area contributed by atoms with E-state index in [4.69, 9.17) is 4.42 Å². The molecule has 0 bridgehead atoms. The van der Waals surface area contributed by atoms with Crippen molar-refractivity contribution >= 4 is 27.7 Å². The summed E-state index contributed by atoms with van der Waals surface area (Å²) >= 11 is 4.91. The molecule has 0 radical (unpaired) electrons. The van der Waals surface area contributed by atoms with Crippen molar-refractivity contribution in [1.29, 1.82) is 0 Å². The highest BCUT2D eigenvalue weighted by Crippen LogP contribution is 2.29. The summed E-state index contributed by atoms with van der Waals surface area (Å²) < 4.78 is 8.44. The van der Waals surface area contributed by atoms with Crippen LogP contribution in [0.25, 0.3) is 11.5 Å². The summed E-state index contributed by atoms with van der Waals surface area (Å²) in [6.45, 7) is 2.96. The molecule has 0 N–H and O–H groups in total. The number of rotatable bonds is 7. The van der Waals surface area contributed by atoms with Gasteiger partial charge in [0.25, 0.3) is 5.22 Å². The van der Waals surface area contributed by atoms with E-state index in [1.165, 1.54) is 11.8 Å². The molecule has 0 aliphatic carbocycles. The number of benzene rings is 1. The smallest absolute Gasteiger partial charge is 0.277 e. The summed E-state index contributed by atoms with van der Waals surface area (Å²) in [6, 6.07) is 7.74. The summed E-state index contributed by atoms with van der Waals surface area (Å²) in [7, 11) is 0. The SMILES string of the molecule is CCCCn1nnnc1CSc1nnc(-c2ccccc2Br)o1. The van der Waals surface area contributed by atoms with Crippen molar-refractivity contribution in [2.75, 3.05) is 0 Å². The lowest BCUT2D eigenvalue weighted by Gasteiger charge is -2.01. The van der Waals surface area contributed by atoms with E-state index in [1.807, 2.05) is 28.9 Å². The lowest BCUT2D eigenvalue weighted by atomic mass is 10.2. The minimum Gasteiger partial charge on any atom is -0.411 e. The first kappa shape index (κ1) is 16.1. The first-order valence-corrected chi connectivity index (χ1v) is 9.02. The number of tetrazole rings is 1. The second-order valence-electron chi connectivity index (χ2n) is 4.81. The predicted molar refractivity (Wildman–Crippen MR) is 89.7 cm³/mol. The Morgan fingerprint density at radius 2 is 2.09 bits per heavy atom. The molecule has 23 heavy (non-hydrogen) atoms. The van der Waals surface area contributed by atoms with Gasteiger partial charge in [-0.3, -0.25) is 0 Å². The van der Waals surface area contributed by atoms with Crippen LogP contribution in [0.1, 0.15) is 25.6 Å². The number of nitrogens with zero attached hydrogens (tertiary/aromatic N) is 6. The highest BCUT2D eigenvalue weighted by molar-refractivity contribution is 9.10. The summed E-state index contributed by atoms with van der Waals surface area (Å²) in [6.07, 6.45) is 2.15. The molecule has 0 fully saturated rings. The molecule has 0 aliphatic rings. The zero-order valence-electron chi connectivity index (χ0n) is 12.5. The Hall–Kier alpha value is -1.74. The van der Waals surface area contributed by atoms with Gasteiger partial charge in [-0.15, -0.1) is 15.3 Å². The standard InChI is InChI=1S/C14H15BrN6OS/c1-2-3-8-21-12(16-19-20-21)9-23-14-18-17-13(22-14)10-6-4-5-7-11(10)15/h4-7H,2-3,8-9H2,1H3. The van der Waals surface area contributed by atoms with Gasteiger partial charge in [-0.05, 0) is 44.9 Å². The summed E-state index contributed by atoms with van der Waals surface area (Å²) in [5, 5.41) is 20.4. The summed E-state index contributed by atoms with van der Waals surface area (Å²) in [4.78, 5) is 0. The highest BCUT2D eigenvalue weighted by atomic mass is 79.9. The zero-order valence-corrected chi connectivity index (χ0v) is 14.9. The van der Waals surface area contributed by atoms with Crippen LogP contribution in [0.3, 0.4) is 0 Å². The third kappa shape index (κ3) is 3.97. The van der Waals surface area contributed by atoms with Gasteiger partial charge in [-0.1, -0.05) is 37.2 Å². The number of halogens is 1. The van der Waals surface area contributed by atoms with Gasteiger partial charge in [0.1, 0.15) is 0 Å². The Morgan fingerprint density at radius 1 is 1.22 bits per heavy atom. The van der Waals surface area contributed by atoms with Gasteiger partial charge in [0.2, 0.25) is 5.89 Å². The fraction of sp³-hybridized carbons (Fsp3) is 0.357. The molecule has 0 unspecified atom stereocenters. The summed E-state index contributed by atoms with van der Waals surface area (Å²) in [5.74, 6) is 1.89. The van der Waals surface area contributed by atoms with E-state index in [-0.39, 0.29) is 0 Å². The van der Waals surface area contributed by atoms with E-state index in [1.54, 1.807) is 0 Å². The quantitative estimate of drug-likeness (QED) is 0.566. The van der Waals surface area contributed by atoms with Crippen molar-refractivity contribution in [3.8, 4) is 11.5 Å². The maximum atomic E-state index is 5.70. The molecule has 2 aromatic heterocycles. The normalized spacial score (nSPS) is 11.0. The lowest BCUT2D eigenvalue weighted by molar-refractivity contribution is 0.465. The lowest BCUT2D eigenvalue weighted by Crippen LogP contribution is -2.04. The van der Waals surface area contributed by atoms with Crippen LogP contribution in [-0.2, 0) is 12.3 Å². The van der Waals surface area contributed by atoms with Gasteiger partial charge in [0, 0.05) is 11.0 Å². The fourth-order valence-electron chi connectivity index (χ4n) is 1.95. The van der Waals surface area contributed by atoms with Crippen molar-refractivity contribution < 1.29 is 4.42 Å². The van der Waals surface area contributed by atoms with E-state index in [0.29, 0.717) is 16.9 Å². The maximum Gasteiger partial charge on any atom is 0.277 e. The molecule has 0 amide bonds. The molecule has 120 valence electrons. The van der Waals surface area contributed by atoms with Crippen molar-refractivity contribution in [2.24, 2.45) is 0 Å². The van der Waals surface area contributed by atoms with Gasteiger partial charge in [0.05, 0.1) is 11.3 Å². The average molecular weight is 395 g/mol. The minimum absolute atomic E-state index is 0.491. The van der Waals surface area contributed by atoms with Crippen molar-refractivity contribution in [2.45, 2.75) is 37.3 Å². The van der Waals surface area contributed by atoms with E-state index < -0.39 is 0 Å².